The van der Waals surface area contributed by atoms with E-state index >= 15 is 0 Å². The van der Waals surface area contributed by atoms with E-state index in [4.69, 9.17) is 10.7 Å². The Morgan fingerprint density at radius 2 is 2.14 bits per heavy atom. The second kappa shape index (κ2) is 3.44. The summed E-state index contributed by atoms with van der Waals surface area (Å²) in [5.41, 5.74) is 0.628. The molecule has 1 heterocycles. The van der Waals surface area contributed by atoms with Gasteiger partial charge in [-0.1, -0.05) is 15.9 Å². The molecule has 0 aliphatic carbocycles. The smallest absolute Gasteiger partial charge is 0.224 e. The average Bonchev–Trinajstić information content (AvgIpc) is 2.45. The minimum absolute atomic E-state index is 0.0627. The Balaban J connectivity index is 2.75. The van der Waals surface area contributed by atoms with Crippen LogP contribution in [0.4, 0.5) is 0 Å². The van der Waals surface area contributed by atoms with Crippen molar-refractivity contribution in [3.8, 4) is 0 Å². The maximum absolute atomic E-state index is 11.0. The van der Waals surface area contributed by atoms with Crippen LogP contribution in [0.3, 0.4) is 0 Å². The van der Waals surface area contributed by atoms with Crippen LogP contribution < -0.4 is 0 Å². The Morgan fingerprint density at radius 3 is 2.79 bits per heavy atom. The van der Waals surface area contributed by atoms with Crippen LogP contribution >= 0.6 is 37.9 Å². The fourth-order valence-corrected chi connectivity index (χ4v) is 3.27. The van der Waals surface area contributed by atoms with Gasteiger partial charge in [-0.2, -0.15) is 0 Å². The summed E-state index contributed by atoms with van der Waals surface area (Å²) in [6, 6.07) is 5.37. The summed E-state index contributed by atoms with van der Waals surface area (Å²) < 4.78 is 23.6. The van der Waals surface area contributed by atoms with Gasteiger partial charge >= 0.3 is 0 Å². The second-order valence-electron chi connectivity index (χ2n) is 2.53. The third kappa shape index (κ3) is 1.93. The van der Waals surface area contributed by atoms with Gasteiger partial charge in [0.25, 0.3) is 9.05 Å². The molecule has 0 N–H and O–H groups in total. The fourth-order valence-electron chi connectivity index (χ4n) is 0.984. The monoisotopic (exact) mass is 311 g/mol. The molecule has 0 atom stereocenters. The summed E-state index contributed by atoms with van der Waals surface area (Å²) in [6.45, 7) is 0. The first-order valence-electron chi connectivity index (χ1n) is 3.47. The molecule has 74 valence electrons. The highest BCUT2D eigenvalue weighted by atomic mass is 79.9. The van der Waals surface area contributed by atoms with E-state index in [2.05, 4.69) is 20.9 Å². The number of aromatic nitrogens is 1. The van der Waals surface area contributed by atoms with Gasteiger partial charge in [-0.15, -0.1) is 11.3 Å². The van der Waals surface area contributed by atoms with Crippen LogP contribution in [0.25, 0.3) is 10.2 Å². The van der Waals surface area contributed by atoms with Crippen LogP contribution in [-0.2, 0) is 9.05 Å². The summed E-state index contributed by atoms with van der Waals surface area (Å²) >= 11 is 4.34. The van der Waals surface area contributed by atoms with Crippen molar-refractivity contribution in [3.63, 3.8) is 0 Å². The van der Waals surface area contributed by atoms with E-state index in [-0.39, 0.29) is 4.34 Å². The van der Waals surface area contributed by atoms with Crippen LogP contribution in [-0.4, -0.2) is 13.4 Å². The number of rotatable bonds is 1. The van der Waals surface area contributed by atoms with Crippen molar-refractivity contribution in [1.82, 2.24) is 4.98 Å². The highest BCUT2D eigenvalue weighted by molar-refractivity contribution is 9.10. The summed E-state index contributed by atoms with van der Waals surface area (Å²) in [4.78, 5) is 3.91. The van der Waals surface area contributed by atoms with Crippen LogP contribution in [0.2, 0.25) is 0 Å². The van der Waals surface area contributed by atoms with E-state index in [0.717, 1.165) is 20.5 Å². The molecule has 1 aromatic heterocycles. The molecule has 0 radical (unpaired) electrons. The zero-order valence-corrected chi connectivity index (χ0v) is 10.5. The van der Waals surface area contributed by atoms with Gasteiger partial charge in [-0.05, 0) is 18.2 Å². The molecule has 14 heavy (non-hydrogen) atoms. The summed E-state index contributed by atoms with van der Waals surface area (Å²) in [5, 5.41) is 0. The second-order valence-corrected chi connectivity index (χ2v) is 7.22. The number of halogens is 2. The van der Waals surface area contributed by atoms with E-state index in [1.165, 1.54) is 0 Å². The molecule has 0 spiro atoms. The Labute approximate surface area is 97.3 Å². The number of hydrogen-bond acceptors (Lipinski definition) is 4. The number of hydrogen-bond donors (Lipinski definition) is 0. The van der Waals surface area contributed by atoms with Crippen molar-refractivity contribution >= 4 is 57.2 Å². The maximum atomic E-state index is 11.0. The minimum Gasteiger partial charge on any atom is -0.224 e. The van der Waals surface area contributed by atoms with Gasteiger partial charge in [0.1, 0.15) is 0 Å². The zero-order chi connectivity index (χ0) is 10.3. The predicted molar refractivity (Wildman–Crippen MR) is 60.4 cm³/mol. The molecule has 2 aromatic rings. The fraction of sp³-hybridized carbons (Fsp3) is 0. The van der Waals surface area contributed by atoms with Gasteiger partial charge in [0.15, 0.2) is 0 Å². The molecule has 0 amide bonds. The number of nitrogens with zero attached hydrogens (tertiary/aromatic N) is 1. The lowest BCUT2D eigenvalue weighted by atomic mass is 10.3. The molecule has 0 fully saturated rings. The largest absolute Gasteiger partial charge is 0.288 e. The van der Waals surface area contributed by atoms with Crippen molar-refractivity contribution in [3.05, 3.63) is 22.7 Å². The molecular weight excluding hydrogens is 310 g/mol. The SMILES string of the molecule is O=S(=O)(Cl)c1nc2cc(Br)ccc2s1. The Hall–Kier alpha value is -0.170. The molecule has 3 nitrogen and oxygen atoms in total. The van der Waals surface area contributed by atoms with Crippen LogP contribution in [0, 0.1) is 0 Å². The van der Waals surface area contributed by atoms with Gasteiger partial charge in [0.2, 0.25) is 4.34 Å². The number of fused-ring (bicyclic) bond motifs is 1. The van der Waals surface area contributed by atoms with E-state index < -0.39 is 9.05 Å². The Morgan fingerprint density at radius 1 is 1.43 bits per heavy atom. The van der Waals surface area contributed by atoms with Crippen molar-refractivity contribution in [1.29, 1.82) is 0 Å². The Bertz CT molecular complexity index is 593. The van der Waals surface area contributed by atoms with Crippen molar-refractivity contribution in [2.45, 2.75) is 4.34 Å². The van der Waals surface area contributed by atoms with Crippen molar-refractivity contribution < 1.29 is 8.42 Å². The molecule has 0 aliphatic heterocycles. The lowest BCUT2D eigenvalue weighted by molar-refractivity contribution is 0.609. The summed E-state index contributed by atoms with van der Waals surface area (Å²) in [7, 11) is 1.47. The minimum atomic E-state index is -3.71. The molecule has 0 aliphatic rings. The van der Waals surface area contributed by atoms with Gasteiger partial charge in [-0.25, -0.2) is 13.4 Å². The normalized spacial score (nSPS) is 12.1. The van der Waals surface area contributed by atoms with Gasteiger partial charge in [0, 0.05) is 15.2 Å². The highest BCUT2D eigenvalue weighted by Gasteiger charge is 2.15. The Kier molecular flexibility index (Phi) is 2.55. The predicted octanol–water partition coefficient (Wildman–Crippen LogP) is 2.99. The van der Waals surface area contributed by atoms with Crippen LogP contribution in [0.15, 0.2) is 27.0 Å². The van der Waals surface area contributed by atoms with Crippen LogP contribution in [0.5, 0.6) is 0 Å². The van der Waals surface area contributed by atoms with Gasteiger partial charge in [-0.3, -0.25) is 0 Å². The van der Waals surface area contributed by atoms with Gasteiger partial charge < -0.3 is 0 Å². The van der Waals surface area contributed by atoms with Crippen molar-refractivity contribution in [2.75, 3.05) is 0 Å². The first-order chi connectivity index (χ1) is 6.47. The molecule has 7 heteroatoms. The lowest BCUT2D eigenvalue weighted by Gasteiger charge is -1.86. The van der Waals surface area contributed by atoms with E-state index in [1.54, 1.807) is 12.1 Å². The highest BCUT2D eigenvalue weighted by Crippen LogP contribution is 2.29. The van der Waals surface area contributed by atoms with E-state index in [9.17, 15) is 8.42 Å². The molecule has 0 bridgehead atoms. The molecule has 0 saturated carbocycles. The third-order valence-corrected chi connectivity index (χ3v) is 4.99. The molecule has 2 rings (SSSR count). The molecule has 0 unspecified atom stereocenters. The standard InChI is InChI=1S/C7H3BrClNO2S2/c8-4-1-2-6-5(3-4)10-7(13-6)14(9,11)12/h1-3H. The first kappa shape index (κ1) is 10.4. The lowest BCUT2D eigenvalue weighted by Crippen LogP contribution is -1.87. The van der Waals surface area contributed by atoms with E-state index in [1.807, 2.05) is 6.07 Å². The maximum Gasteiger partial charge on any atom is 0.288 e. The van der Waals surface area contributed by atoms with Crippen molar-refractivity contribution in [2.24, 2.45) is 0 Å². The molecule has 1 aromatic carbocycles. The molecular formula is C7H3BrClNO2S2. The topological polar surface area (TPSA) is 47.0 Å². The number of thiazole rings is 1. The average molecular weight is 313 g/mol. The number of benzene rings is 1. The zero-order valence-electron chi connectivity index (χ0n) is 6.57. The summed E-state index contributed by atoms with van der Waals surface area (Å²) in [6.07, 6.45) is 0. The quantitative estimate of drug-likeness (QED) is 0.761. The first-order valence-corrected chi connectivity index (χ1v) is 7.39. The van der Waals surface area contributed by atoms with E-state index in [0.29, 0.717) is 5.52 Å². The summed E-state index contributed by atoms with van der Waals surface area (Å²) in [5.74, 6) is 0. The van der Waals surface area contributed by atoms with Crippen LogP contribution in [0.1, 0.15) is 0 Å². The third-order valence-electron chi connectivity index (χ3n) is 1.54. The van der Waals surface area contributed by atoms with Gasteiger partial charge in [0.05, 0.1) is 10.2 Å². The molecule has 0 saturated heterocycles.